The smallest absolute Gasteiger partial charge is 0.187 e. The second-order valence-corrected chi connectivity index (χ2v) is 7.22. The Morgan fingerprint density at radius 1 is 1.26 bits per heavy atom. The van der Waals surface area contributed by atoms with Gasteiger partial charge in [0.1, 0.15) is 5.75 Å². The molecule has 120 valence electrons. The summed E-state index contributed by atoms with van der Waals surface area (Å²) < 4.78 is 0. The molecule has 5 heteroatoms. The maximum Gasteiger partial charge on any atom is 0.187 e. The van der Waals surface area contributed by atoms with E-state index in [1.54, 1.807) is 24.4 Å². The number of rotatable bonds is 3. The summed E-state index contributed by atoms with van der Waals surface area (Å²) in [5.41, 5.74) is 3.53. The van der Waals surface area contributed by atoms with Crippen LogP contribution in [0, 0.1) is 23.7 Å². The van der Waals surface area contributed by atoms with Gasteiger partial charge in [-0.05, 0) is 67.3 Å². The third-order valence-corrected chi connectivity index (χ3v) is 5.84. The number of nitrogens with one attached hydrogen (secondary N) is 2. The molecule has 1 aromatic carbocycles. The highest BCUT2D eigenvalue weighted by Gasteiger charge is 2.52. The van der Waals surface area contributed by atoms with Crippen molar-refractivity contribution >= 4 is 23.5 Å². The Balaban J connectivity index is 1.31. The molecular weight excluding hydrogens is 306 g/mol. The molecule has 23 heavy (non-hydrogen) atoms. The molecule has 0 spiro atoms. The monoisotopic (exact) mass is 327 g/mol. The van der Waals surface area contributed by atoms with Gasteiger partial charge in [-0.2, -0.15) is 5.10 Å². The van der Waals surface area contributed by atoms with E-state index in [1.165, 1.54) is 19.3 Å². The number of fused-ring (bicyclic) bond motifs is 5. The quantitative estimate of drug-likeness (QED) is 0.346. The van der Waals surface area contributed by atoms with Crippen LogP contribution < -0.4 is 10.7 Å². The number of benzene rings is 1. The summed E-state index contributed by atoms with van der Waals surface area (Å²) in [5, 5.41) is 17.8. The number of hydrogen-bond donors (Lipinski definition) is 3. The second-order valence-electron chi connectivity index (χ2n) is 6.81. The zero-order valence-corrected chi connectivity index (χ0v) is 13.7. The lowest BCUT2D eigenvalue weighted by Crippen LogP contribution is -2.45. The lowest BCUT2D eigenvalue weighted by molar-refractivity contribution is 0.246. The number of aromatic hydroxyl groups is 1. The van der Waals surface area contributed by atoms with E-state index in [4.69, 9.17) is 12.2 Å². The van der Waals surface area contributed by atoms with E-state index in [2.05, 4.69) is 28.0 Å². The largest absolute Gasteiger partial charge is 0.507 e. The summed E-state index contributed by atoms with van der Waals surface area (Å²) in [4.78, 5) is 0. The van der Waals surface area contributed by atoms with E-state index in [-0.39, 0.29) is 5.75 Å². The normalized spacial score (nSPS) is 34.0. The highest BCUT2D eigenvalue weighted by molar-refractivity contribution is 7.80. The molecule has 3 N–H and O–H groups in total. The molecule has 3 aliphatic carbocycles. The van der Waals surface area contributed by atoms with Crippen molar-refractivity contribution in [2.45, 2.75) is 25.3 Å². The van der Waals surface area contributed by atoms with Gasteiger partial charge in [-0.25, -0.2) is 0 Å². The van der Waals surface area contributed by atoms with Crippen LogP contribution in [0.3, 0.4) is 0 Å². The SMILES string of the molecule is Oc1ccccc1/C=N/NC(=S)N[C@H]1C[C@@H]2C[C@H]1[C@H]1C=CC[C@H]21. The van der Waals surface area contributed by atoms with Crippen molar-refractivity contribution in [1.82, 2.24) is 10.7 Å². The Morgan fingerprint density at radius 3 is 3.00 bits per heavy atom. The molecule has 4 rings (SSSR count). The van der Waals surface area contributed by atoms with Crippen LogP contribution in [0.1, 0.15) is 24.8 Å². The molecule has 3 aliphatic rings. The van der Waals surface area contributed by atoms with Gasteiger partial charge >= 0.3 is 0 Å². The number of thiocarbonyl (C=S) groups is 1. The molecule has 0 aliphatic heterocycles. The van der Waals surface area contributed by atoms with Gasteiger partial charge in [0.2, 0.25) is 0 Å². The van der Waals surface area contributed by atoms with Crippen molar-refractivity contribution in [2.75, 3.05) is 0 Å². The first-order valence-electron chi connectivity index (χ1n) is 8.26. The molecule has 0 aromatic heterocycles. The first kappa shape index (κ1) is 14.7. The van der Waals surface area contributed by atoms with Gasteiger partial charge in [-0.15, -0.1) is 0 Å². The highest BCUT2D eigenvalue weighted by atomic mass is 32.1. The number of nitrogens with zero attached hydrogens (tertiary/aromatic N) is 1. The van der Waals surface area contributed by atoms with Crippen LogP contribution in [0.15, 0.2) is 41.5 Å². The average Bonchev–Trinajstić information content (AvgIpc) is 3.21. The third kappa shape index (κ3) is 2.74. The van der Waals surface area contributed by atoms with Crippen molar-refractivity contribution in [2.24, 2.45) is 28.8 Å². The molecule has 1 aromatic rings. The minimum Gasteiger partial charge on any atom is -0.507 e. The van der Waals surface area contributed by atoms with Crippen molar-refractivity contribution < 1.29 is 5.11 Å². The predicted molar refractivity (Wildman–Crippen MR) is 95.3 cm³/mol. The van der Waals surface area contributed by atoms with Gasteiger partial charge < -0.3 is 10.4 Å². The predicted octanol–water partition coefficient (Wildman–Crippen LogP) is 2.79. The minimum atomic E-state index is 0.212. The number of allylic oxidation sites excluding steroid dienone is 2. The molecule has 4 nitrogen and oxygen atoms in total. The molecule has 5 atom stereocenters. The van der Waals surface area contributed by atoms with E-state index < -0.39 is 0 Å². The van der Waals surface area contributed by atoms with Gasteiger partial charge in [0.05, 0.1) is 6.21 Å². The van der Waals surface area contributed by atoms with Crippen LogP contribution in [0.5, 0.6) is 5.75 Å². The number of hydrazone groups is 1. The molecule has 0 heterocycles. The Bertz CT molecular complexity index is 672. The number of hydrogen-bond acceptors (Lipinski definition) is 3. The maximum absolute atomic E-state index is 9.69. The van der Waals surface area contributed by atoms with Crippen LogP contribution in [0.2, 0.25) is 0 Å². The van der Waals surface area contributed by atoms with Crippen molar-refractivity contribution in [1.29, 1.82) is 0 Å². The lowest BCUT2D eigenvalue weighted by Gasteiger charge is -2.32. The Labute approximate surface area is 141 Å². The van der Waals surface area contributed by atoms with E-state index >= 15 is 0 Å². The van der Waals surface area contributed by atoms with Gasteiger partial charge in [0.15, 0.2) is 5.11 Å². The minimum absolute atomic E-state index is 0.212. The molecule has 2 fully saturated rings. The molecule has 2 saturated carbocycles. The van der Waals surface area contributed by atoms with Gasteiger partial charge in [0, 0.05) is 11.6 Å². The van der Waals surface area contributed by atoms with E-state index in [1.807, 2.05) is 6.07 Å². The summed E-state index contributed by atoms with van der Waals surface area (Å²) in [6.45, 7) is 0. The second kappa shape index (κ2) is 5.96. The topological polar surface area (TPSA) is 56.7 Å². The highest BCUT2D eigenvalue weighted by Crippen LogP contribution is 2.56. The number of para-hydroxylation sites is 1. The van der Waals surface area contributed by atoms with E-state index in [9.17, 15) is 5.11 Å². The summed E-state index contributed by atoms with van der Waals surface area (Å²) in [7, 11) is 0. The average molecular weight is 327 g/mol. The maximum atomic E-state index is 9.69. The van der Waals surface area contributed by atoms with Crippen LogP contribution in [0.25, 0.3) is 0 Å². The van der Waals surface area contributed by atoms with Gasteiger partial charge in [-0.3, -0.25) is 5.43 Å². The molecular formula is C18H21N3OS. The number of phenolic OH excluding ortho intramolecular Hbond substituents is 1. The lowest BCUT2D eigenvalue weighted by atomic mass is 9.79. The van der Waals surface area contributed by atoms with Crippen LogP contribution in [-0.2, 0) is 0 Å². The van der Waals surface area contributed by atoms with Crippen LogP contribution >= 0.6 is 12.2 Å². The Kier molecular flexibility index (Phi) is 3.81. The molecule has 0 radical (unpaired) electrons. The summed E-state index contributed by atoms with van der Waals surface area (Å²) >= 11 is 5.36. The molecule has 0 saturated heterocycles. The first-order chi connectivity index (χ1) is 11.2. The number of phenols is 1. The summed E-state index contributed by atoms with van der Waals surface area (Å²) in [6, 6.07) is 7.55. The van der Waals surface area contributed by atoms with Crippen LogP contribution in [-0.4, -0.2) is 22.5 Å². The Hall–Kier alpha value is -1.88. The molecule has 0 amide bonds. The van der Waals surface area contributed by atoms with Crippen molar-refractivity contribution in [3.8, 4) is 5.75 Å². The van der Waals surface area contributed by atoms with E-state index in [0.29, 0.717) is 22.6 Å². The summed E-state index contributed by atoms with van der Waals surface area (Å²) in [6.07, 6.45) is 10.2. The van der Waals surface area contributed by atoms with Crippen LogP contribution in [0.4, 0.5) is 0 Å². The van der Waals surface area contributed by atoms with Gasteiger partial charge in [-0.1, -0.05) is 24.3 Å². The first-order valence-corrected chi connectivity index (χ1v) is 8.67. The third-order valence-electron chi connectivity index (χ3n) is 5.63. The standard InChI is InChI=1S/C18H21N3OS/c22-17-7-2-1-4-11(17)10-19-21-18(23)20-16-9-12-8-15(16)14-6-3-5-13(12)14/h1-4,6-7,10,12-16,22H,5,8-9H2,(H2,20,21,23)/b19-10+/t12-,13+,14-,15-,16-/m0/s1. The van der Waals surface area contributed by atoms with Gasteiger partial charge in [0.25, 0.3) is 0 Å². The fraction of sp³-hybridized carbons (Fsp3) is 0.444. The zero-order chi connectivity index (χ0) is 15.8. The van der Waals surface area contributed by atoms with Crippen molar-refractivity contribution in [3.05, 3.63) is 42.0 Å². The Morgan fingerprint density at radius 2 is 2.13 bits per heavy atom. The zero-order valence-electron chi connectivity index (χ0n) is 12.9. The fourth-order valence-corrected chi connectivity index (χ4v) is 4.87. The molecule has 0 unspecified atom stereocenters. The summed E-state index contributed by atoms with van der Waals surface area (Å²) in [5.74, 6) is 3.41. The fourth-order valence-electron chi connectivity index (χ4n) is 4.67. The molecule has 2 bridgehead atoms. The van der Waals surface area contributed by atoms with Crippen molar-refractivity contribution in [3.63, 3.8) is 0 Å². The van der Waals surface area contributed by atoms with E-state index in [0.717, 1.165) is 17.8 Å².